The van der Waals surface area contributed by atoms with Crippen molar-refractivity contribution >= 4 is 5.91 Å². The molecule has 4 N–H and O–H groups in total. The molecule has 1 aromatic heterocycles. The van der Waals surface area contributed by atoms with E-state index in [-0.39, 0.29) is 29.0 Å². The van der Waals surface area contributed by atoms with Crippen molar-refractivity contribution in [3.8, 4) is 0 Å². The van der Waals surface area contributed by atoms with Crippen LogP contribution < -0.4 is 16.5 Å². The Kier molecular flexibility index (Phi) is 3.85. The van der Waals surface area contributed by atoms with Gasteiger partial charge in [0.25, 0.3) is 5.91 Å². The minimum atomic E-state index is -0.256. The number of carbonyl (C=O) groups excluding carboxylic acids is 1. The lowest BCUT2D eigenvalue weighted by Gasteiger charge is -2.45. The van der Waals surface area contributed by atoms with Gasteiger partial charge in [-0.05, 0) is 44.4 Å². The number of carbonyl (C=O) groups is 1. The van der Waals surface area contributed by atoms with Crippen LogP contribution in [-0.2, 0) is 0 Å². The quantitative estimate of drug-likeness (QED) is 0.767. The Hall–Kier alpha value is -1.62. The van der Waals surface area contributed by atoms with Crippen molar-refractivity contribution in [2.24, 2.45) is 17.6 Å². The topological polar surface area (TPSA) is 88.0 Å². The Balaban J connectivity index is 1.76. The molecule has 1 aromatic rings. The van der Waals surface area contributed by atoms with Crippen LogP contribution in [0.25, 0.3) is 0 Å². The van der Waals surface area contributed by atoms with Crippen LogP contribution in [-0.4, -0.2) is 23.0 Å². The second kappa shape index (κ2) is 5.64. The van der Waals surface area contributed by atoms with E-state index in [2.05, 4.69) is 10.3 Å². The van der Waals surface area contributed by atoms with Crippen LogP contribution >= 0.6 is 0 Å². The maximum absolute atomic E-state index is 12.4. The summed E-state index contributed by atoms with van der Waals surface area (Å²) in [6.07, 6.45) is 6.94. The average molecular weight is 289 g/mol. The summed E-state index contributed by atoms with van der Waals surface area (Å²) in [6.45, 7) is 1.80. The Morgan fingerprint density at radius 3 is 2.62 bits per heavy atom. The molecular formula is C16H23N3O2. The van der Waals surface area contributed by atoms with Crippen LogP contribution in [0.4, 0.5) is 0 Å². The molecule has 2 aliphatic rings. The van der Waals surface area contributed by atoms with Crippen molar-refractivity contribution in [1.82, 2.24) is 10.3 Å². The lowest BCUT2D eigenvalue weighted by Crippen LogP contribution is -2.54. The van der Waals surface area contributed by atoms with Crippen molar-refractivity contribution < 1.29 is 4.79 Å². The molecule has 114 valence electrons. The summed E-state index contributed by atoms with van der Waals surface area (Å²) < 4.78 is 0. The van der Waals surface area contributed by atoms with Crippen LogP contribution in [0.15, 0.2) is 17.1 Å². The Bertz CT molecular complexity index is 581. The van der Waals surface area contributed by atoms with Crippen molar-refractivity contribution in [2.45, 2.75) is 51.1 Å². The maximum Gasteiger partial charge on any atom is 0.256 e. The van der Waals surface area contributed by atoms with Gasteiger partial charge in [-0.25, -0.2) is 0 Å². The summed E-state index contributed by atoms with van der Waals surface area (Å²) in [7, 11) is 0. The summed E-state index contributed by atoms with van der Waals surface area (Å²) in [5.74, 6) is 0.663. The largest absolute Gasteiger partial charge is 0.364 e. The lowest BCUT2D eigenvalue weighted by molar-refractivity contribution is 0.0754. The van der Waals surface area contributed by atoms with Crippen molar-refractivity contribution in [3.05, 3.63) is 33.7 Å². The number of hydrogen-bond donors (Lipinski definition) is 3. The number of aromatic nitrogens is 1. The average Bonchev–Trinajstić information content (AvgIpc) is 2.39. The molecule has 21 heavy (non-hydrogen) atoms. The van der Waals surface area contributed by atoms with Crippen molar-refractivity contribution in [3.63, 3.8) is 0 Å². The molecule has 5 nitrogen and oxygen atoms in total. The fourth-order valence-electron chi connectivity index (χ4n) is 4.00. The van der Waals surface area contributed by atoms with E-state index in [0.29, 0.717) is 11.8 Å². The van der Waals surface area contributed by atoms with Gasteiger partial charge in [-0.1, -0.05) is 6.42 Å². The highest BCUT2D eigenvalue weighted by Gasteiger charge is 2.40. The minimum absolute atomic E-state index is 0.173. The van der Waals surface area contributed by atoms with Gasteiger partial charge in [0.05, 0.1) is 0 Å². The number of amides is 1. The Morgan fingerprint density at radius 1 is 1.33 bits per heavy atom. The summed E-state index contributed by atoms with van der Waals surface area (Å²) in [4.78, 5) is 27.3. The Labute approximate surface area is 124 Å². The molecule has 0 aromatic carbocycles. The molecule has 3 rings (SSSR count). The smallest absolute Gasteiger partial charge is 0.256 e. The van der Waals surface area contributed by atoms with Crippen LogP contribution in [0.5, 0.6) is 0 Å². The predicted molar refractivity (Wildman–Crippen MR) is 81.1 cm³/mol. The van der Waals surface area contributed by atoms with E-state index >= 15 is 0 Å². The van der Waals surface area contributed by atoms with E-state index in [4.69, 9.17) is 5.73 Å². The molecule has 2 atom stereocenters. The fourth-order valence-corrected chi connectivity index (χ4v) is 4.00. The molecule has 0 spiro atoms. The minimum Gasteiger partial charge on any atom is -0.364 e. The van der Waals surface area contributed by atoms with Gasteiger partial charge in [0.1, 0.15) is 5.56 Å². The molecule has 1 amide bonds. The third-order valence-corrected chi connectivity index (χ3v) is 4.98. The number of nitrogens with one attached hydrogen (secondary N) is 2. The van der Waals surface area contributed by atoms with Crippen LogP contribution in [0.1, 0.15) is 48.2 Å². The zero-order chi connectivity index (χ0) is 15.0. The molecule has 5 heteroatoms. The summed E-state index contributed by atoms with van der Waals surface area (Å²) in [5, 5.41) is 3.10. The number of hydrogen-bond acceptors (Lipinski definition) is 3. The normalized spacial score (nSPS) is 31.7. The fraction of sp³-hybridized carbons (Fsp3) is 0.625. The van der Waals surface area contributed by atoms with E-state index in [1.54, 1.807) is 6.92 Å². The second-order valence-electron chi connectivity index (χ2n) is 6.58. The first kappa shape index (κ1) is 14.3. The molecule has 0 radical (unpaired) electrons. The molecule has 2 bridgehead atoms. The predicted octanol–water partition coefficient (Wildman–Crippen LogP) is 1.32. The molecule has 2 unspecified atom stereocenters. The molecular weight excluding hydrogens is 266 g/mol. The van der Waals surface area contributed by atoms with Gasteiger partial charge < -0.3 is 16.0 Å². The Morgan fingerprint density at radius 2 is 2.00 bits per heavy atom. The summed E-state index contributed by atoms with van der Waals surface area (Å²) in [6, 6.07) is 1.90. The van der Waals surface area contributed by atoms with E-state index in [1.165, 1.54) is 18.7 Å². The first-order valence-corrected chi connectivity index (χ1v) is 7.80. The van der Waals surface area contributed by atoms with Crippen molar-refractivity contribution in [1.29, 1.82) is 0 Å². The molecule has 2 fully saturated rings. The number of fused-ring (bicyclic) bond motifs is 2. The highest BCUT2D eigenvalue weighted by atomic mass is 16.2. The molecule has 0 aliphatic heterocycles. The first-order valence-electron chi connectivity index (χ1n) is 7.80. The number of H-pyrrole nitrogens is 1. The SMILES string of the molecule is Cc1cc(=O)c(C(=O)NC2C3CCCC2CC(N)C3)c[nH]1. The number of aromatic amines is 1. The maximum atomic E-state index is 12.4. The van der Waals surface area contributed by atoms with Gasteiger partial charge in [-0.3, -0.25) is 9.59 Å². The first-order chi connectivity index (χ1) is 10.0. The number of pyridine rings is 1. The number of nitrogens with two attached hydrogens (primary N) is 1. The van der Waals surface area contributed by atoms with Crippen molar-refractivity contribution in [2.75, 3.05) is 0 Å². The zero-order valence-corrected chi connectivity index (χ0v) is 12.4. The van der Waals surface area contributed by atoms with Gasteiger partial charge in [0.15, 0.2) is 5.43 Å². The van der Waals surface area contributed by atoms with Crippen LogP contribution in [0.2, 0.25) is 0 Å². The number of rotatable bonds is 2. The lowest BCUT2D eigenvalue weighted by atomic mass is 9.67. The molecule has 0 saturated heterocycles. The van der Waals surface area contributed by atoms with Gasteiger partial charge in [-0.2, -0.15) is 0 Å². The monoisotopic (exact) mass is 289 g/mol. The zero-order valence-electron chi connectivity index (χ0n) is 12.4. The standard InChI is InChI=1S/C16H23N3O2/c1-9-5-14(20)13(8-18-9)16(21)19-15-10-3-2-4-11(15)7-12(17)6-10/h5,8,10-12,15H,2-4,6-7,17H2,1H3,(H,18,20)(H,19,21). The van der Waals surface area contributed by atoms with Gasteiger partial charge in [-0.15, -0.1) is 0 Å². The van der Waals surface area contributed by atoms with Crippen LogP contribution in [0, 0.1) is 18.8 Å². The van der Waals surface area contributed by atoms with E-state index in [0.717, 1.165) is 31.4 Å². The highest BCUT2D eigenvalue weighted by molar-refractivity contribution is 5.94. The van der Waals surface area contributed by atoms with Gasteiger partial charge >= 0.3 is 0 Å². The van der Waals surface area contributed by atoms with E-state index in [1.807, 2.05) is 0 Å². The second-order valence-corrected chi connectivity index (χ2v) is 6.58. The van der Waals surface area contributed by atoms with Gasteiger partial charge in [0, 0.05) is 30.0 Å². The summed E-state index contributed by atoms with van der Waals surface area (Å²) in [5.41, 5.74) is 6.84. The summed E-state index contributed by atoms with van der Waals surface area (Å²) >= 11 is 0. The molecule has 2 saturated carbocycles. The third kappa shape index (κ3) is 2.88. The van der Waals surface area contributed by atoms with Crippen LogP contribution in [0.3, 0.4) is 0 Å². The van der Waals surface area contributed by atoms with E-state index in [9.17, 15) is 9.59 Å². The molecule has 2 aliphatic carbocycles. The number of aryl methyl sites for hydroxylation is 1. The third-order valence-electron chi connectivity index (χ3n) is 4.98. The molecule has 1 heterocycles. The van der Waals surface area contributed by atoms with E-state index < -0.39 is 0 Å². The van der Waals surface area contributed by atoms with Gasteiger partial charge in [0.2, 0.25) is 0 Å². The highest BCUT2D eigenvalue weighted by Crippen LogP contribution is 2.39.